The van der Waals surface area contributed by atoms with E-state index in [1.165, 1.54) is 44.1 Å². The summed E-state index contributed by atoms with van der Waals surface area (Å²) in [5.41, 5.74) is 1.38. The summed E-state index contributed by atoms with van der Waals surface area (Å²) in [7, 11) is 0. The van der Waals surface area contributed by atoms with Gasteiger partial charge < -0.3 is 56.8 Å². The summed E-state index contributed by atoms with van der Waals surface area (Å²) in [5, 5.41) is 0. The van der Waals surface area contributed by atoms with E-state index in [1.54, 1.807) is 0 Å². The fourth-order valence-electron chi connectivity index (χ4n) is 4.63. The maximum Gasteiger partial charge on any atom is 0.119 e. The van der Waals surface area contributed by atoms with Crippen LogP contribution >= 0.6 is 0 Å². The second-order valence-corrected chi connectivity index (χ2v) is 12.1. The maximum atomic E-state index is 5.78. The fourth-order valence-corrected chi connectivity index (χ4v) is 4.63. The van der Waals surface area contributed by atoms with Crippen molar-refractivity contribution < 1.29 is 56.8 Å². The molecule has 0 N–H and O–H groups in total. The quantitative estimate of drug-likeness (QED) is 0.0737. The van der Waals surface area contributed by atoms with Gasteiger partial charge in [0.2, 0.25) is 0 Å². The highest BCUT2D eigenvalue weighted by atomic mass is 16.6. The number of ether oxygens (including phenoxy) is 12. The van der Waals surface area contributed by atoms with Gasteiger partial charge in [-0.15, -0.1) is 0 Å². The second kappa shape index (κ2) is 42.3. The Hall–Kier alpha value is -1.42. The highest BCUT2D eigenvalue weighted by molar-refractivity contribution is 5.27. The first-order chi connectivity index (χ1) is 25.9. The molecule has 0 amide bonds. The van der Waals surface area contributed by atoms with Gasteiger partial charge in [-0.3, -0.25) is 0 Å². The zero-order valence-electron chi connectivity index (χ0n) is 32.8. The van der Waals surface area contributed by atoms with Crippen molar-refractivity contribution in [2.24, 2.45) is 0 Å². The molecule has 52 heavy (non-hydrogen) atoms. The second-order valence-electron chi connectivity index (χ2n) is 12.1. The third kappa shape index (κ3) is 36.9. The Kier molecular flexibility index (Phi) is 39.6. The predicted octanol–water partition coefficient (Wildman–Crippen LogP) is 5.95. The van der Waals surface area contributed by atoms with Crippen LogP contribution in [0.2, 0.25) is 0 Å². The molecule has 0 saturated carbocycles. The Morgan fingerprint density at radius 2 is 0.577 bits per heavy atom. The number of hydrogen-bond acceptors (Lipinski definition) is 12. The highest BCUT2D eigenvalue weighted by Gasteiger charge is 1.99. The zero-order chi connectivity index (χ0) is 37.1. The van der Waals surface area contributed by atoms with Crippen molar-refractivity contribution in [3.8, 4) is 5.75 Å². The molecule has 1 rings (SSSR count). The SMILES string of the molecule is CCCCCCCCc1ccc(OCCOCCOCCOCCOCCOCCOCCOCCOCCOCCOCCOCCCC)cc1. The van der Waals surface area contributed by atoms with Crippen molar-refractivity contribution in [1.82, 2.24) is 0 Å². The van der Waals surface area contributed by atoms with Crippen LogP contribution < -0.4 is 4.74 Å². The standard InChI is InChI=1S/C40H74O12/c1-3-5-7-8-9-10-11-39-12-14-40(15-13-39)52-38-37-51-36-35-50-34-33-49-32-31-48-30-29-47-28-27-46-26-25-45-24-23-44-22-21-43-20-19-42-18-17-41-16-6-4-2/h12-15H,3-11,16-38H2,1-2H3. The predicted molar refractivity (Wildman–Crippen MR) is 203 cm³/mol. The first-order valence-electron chi connectivity index (χ1n) is 19.9. The molecule has 0 aliphatic carbocycles. The number of hydrogen-bond donors (Lipinski definition) is 0. The van der Waals surface area contributed by atoms with Gasteiger partial charge in [-0.05, 0) is 37.0 Å². The van der Waals surface area contributed by atoms with Gasteiger partial charge in [0.05, 0.1) is 139 Å². The molecule has 0 radical (unpaired) electrons. The Bertz CT molecular complexity index is 801. The third-order valence-corrected chi connectivity index (χ3v) is 7.60. The average molecular weight is 747 g/mol. The van der Waals surface area contributed by atoms with E-state index >= 15 is 0 Å². The maximum absolute atomic E-state index is 5.78. The Labute approximate surface area is 315 Å². The van der Waals surface area contributed by atoms with Crippen molar-refractivity contribution >= 4 is 0 Å². The molecule has 0 aromatic heterocycles. The molecule has 12 nitrogen and oxygen atoms in total. The summed E-state index contributed by atoms with van der Waals surface area (Å²) in [6, 6.07) is 8.44. The van der Waals surface area contributed by atoms with Crippen LogP contribution in [0.3, 0.4) is 0 Å². The van der Waals surface area contributed by atoms with Gasteiger partial charge in [-0.25, -0.2) is 0 Å². The van der Waals surface area contributed by atoms with Crippen LogP contribution in [0.15, 0.2) is 24.3 Å². The molecule has 12 heteroatoms. The Morgan fingerprint density at radius 3 is 0.923 bits per heavy atom. The Balaban J connectivity index is 1.67. The lowest BCUT2D eigenvalue weighted by atomic mass is 10.0. The summed E-state index contributed by atoms with van der Waals surface area (Å²) >= 11 is 0. The van der Waals surface area contributed by atoms with Crippen LogP contribution in [0.25, 0.3) is 0 Å². The topological polar surface area (TPSA) is 111 Å². The molecule has 0 unspecified atom stereocenters. The van der Waals surface area contributed by atoms with Crippen LogP contribution in [0.5, 0.6) is 5.75 Å². The van der Waals surface area contributed by atoms with E-state index in [4.69, 9.17) is 56.8 Å². The van der Waals surface area contributed by atoms with E-state index in [2.05, 4.69) is 38.1 Å². The van der Waals surface area contributed by atoms with Crippen molar-refractivity contribution in [2.75, 3.05) is 152 Å². The van der Waals surface area contributed by atoms with Crippen LogP contribution in [-0.2, 0) is 58.5 Å². The third-order valence-electron chi connectivity index (χ3n) is 7.60. The van der Waals surface area contributed by atoms with Crippen molar-refractivity contribution in [3.63, 3.8) is 0 Å². The van der Waals surface area contributed by atoms with Crippen LogP contribution in [-0.4, -0.2) is 152 Å². The Morgan fingerprint density at radius 1 is 0.288 bits per heavy atom. The highest BCUT2D eigenvalue weighted by Crippen LogP contribution is 2.15. The molecule has 1 aromatic carbocycles. The molecule has 0 atom stereocenters. The van der Waals surface area contributed by atoms with Crippen LogP contribution in [0.1, 0.15) is 70.8 Å². The van der Waals surface area contributed by atoms with Crippen molar-refractivity contribution in [3.05, 3.63) is 29.8 Å². The molecule has 0 aliphatic heterocycles. The lowest BCUT2D eigenvalue weighted by Gasteiger charge is -2.09. The summed E-state index contributed by atoms with van der Waals surface area (Å²) in [6.07, 6.45) is 11.3. The van der Waals surface area contributed by atoms with Crippen LogP contribution in [0.4, 0.5) is 0 Å². The zero-order valence-corrected chi connectivity index (χ0v) is 32.8. The van der Waals surface area contributed by atoms with Gasteiger partial charge in [0.15, 0.2) is 0 Å². The van der Waals surface area contributed by atoms with E-state index in [-0.39, 0.29) is 0 Å². The minimum atomic E-state index is 0.516. The smallest absolute Gasteiger partial charge is 0.119 e. The molecule has 0 bridgehead atoms. The van der Waals surface area contributed by atoms with Gasteiger partial charge in [-0.2, -0.15) is 0 Å². The molecule has 306 valence electrons. The van der Waals surface area contributed by atoms with E-state index < -0.39 is 0 Å². The van der Waals surface area contributed by atoms with Gasteiger partial charge in [0.25, 0.3) is 0 Å². The number of aryl methyl sites for hydroxylation is 1. The lowest BCUT2D eigenvalue weighted by molar-refractivity contribution is -0.0277. The molecular formula is C40H74O12. The van der Waals surface area contributed by atoms with Gasteiger partial charge in [0.1, 0.15) is 12.4 Å². The van der Waals surface area contributed by atoms with Gasteiger partial charge >= 0.3 is 0 Å². The van der Waals surface area contributed by atoms with E-state index in [0.29, 0.717) is 145 Å². The summed E-state index contributed by atoms with van der Waals surface area (Å²) in [4.78, 5) is 0. The first-order valence-corrected chi connectivity index (χ1v) is 19.9. The van der Waals surface area contributed by atoms with E-state index in [9.17, 15) is 0 Å². The van der Waals surface area contributed by atoms with Gasteiger partial charge in [-0.1, -0.05) is 64.5 Å². The first kappa shape index (κ1) is 48.6. The van der Waals surface area contributed by atoms with Crippen molar-refractivity contribution in [1.29, 1.82) is 0 Å². The minimum Gasteiger partial charge on any atom is -0.491 e. The molecule has 0 saturated heterocycles. The average Bonchev–Trinajstić information content (AvgIpc) is 3.16. The molecular weight excluding hydrogens is 672 g/mol. The van der Waals surface area contributed by atoms with Crippen molar-refractivity contribution in [2.45, 2.75) is 71.6 Å². The normalized spacial score (nSPS) is 11.5. The monoisotopic (exact) mass is 747 g/mol. The number of benzene rings is 1. The molecule has 0 spiro atoms. The fraction of sp³-hybridized carbons (Fsp3) is 0.850. The summed E-state index contributed by atoms with van der Waals surface area (Å²) in [5.74, 6) is 0.886. The number of unbranched alkanes of at least 4 members (excludes halogenated alkanes) is 6. The van der Waals surface area contributed by atoms with Gasteiger partial charge in [0, 0.05) is 6.61 Å². The minimum absolute atomic E-state index is 0.516. The lowest BCUT2D eigenvalue weighted by Crippen LogP contribution is -2.15. The molecule has 0 fully saturated rings. The van der Waals surface area contributed by atoms with E-state index in [1.807, 2.05) is 0 Å². The summed E-state index contributed by atoms with van der Waals surface area (Å²) < 4.78 is 66.3. The molecule has 1 aromatic rings. The molecule has 0 heterocycles. The van der Waals surface area contributed by atoms with E-state index in [0.717, 1.165) is 31.6 Å². The molecule has 0 aliphatic rings. The van der Waals surface area contributed by atoms with Crippen LogP contribution in [0, 0.1) is 0 Å². The summed E-state index contributed by atoms with van der Waals surface area (Å²) in [6.45, 7) is 17.0. The largest absolute Gasteiger partial charge is 0.491 e. The number of rotatable bonds is 44.